The Morgan fingerprint density at radius 1 is 0.829 bits per heavy atom. The van der Waals surface area contributed by atoms with E-state index in [1.54, 1.807) is 0 Å². The smallest absolute Gasteiger partial charge is 0.750 e. The molecule has 0 saturated carbocycles. The molecule has 35 heavy (non-hydrogen) atoms. The zero-order chi connectivity index (χ0) is 24.6. The van der Waals surface area contributed by atoms with Crippen molar-refractivity contribution in [2.75, 3.05) is 0 Å². The van der Waals surface area contributed by atoms with Gasteiger partial charge in [0.05, 0.1) is 46.6 Å². The predicted octanol–water partition coefficient (Wildman–Crippen LogP) is 6.51. The second-order valence-electron chi connectivity index (χ2n) is 7.10. The van der Waals surface area contributed by atoms with Gasteiger partial charge in [0, 0.05) is 0 Å². The average molecular weight is 549 g/mol. The Morgan fingerprint density at radius 3 is 1.43 bits per heavy atom. The number of rotatable bonds is 5. The summed E-state index contributed by atoms with van der Waals surface area (Å²) in [5.41, 5.74) is 8.71. The first-order valence-electron chi connectivity index (χ1n) is 9.71. The molecule has 0 fully saturated rings. The molecule has 2 aromatic carbocycles. The summed E-state index contributed by atoms with van der Waals surface area (Å²) in [7, 11) is 0. The maximum Gasteiger partial charge on any atom is 2.00 e. The number of H-pyrrole nitrogens is 1. The maximum absolute atomic E-state index is 10.7. The van der Waals surface area contributed by atoms with Gasteiger partial charge in [-0.25, -0.2) is 8.39 Å². The third-order valence-corrected chi connectivity index (χ3v) is 4.76. The van der Waals surface area contributed by atoms with Crippen LogP contribution in [0.4, 0.5) is 24.5 Å². The van der Waals surface area contributed by atoms with E-state index in [4.69, 9.17) is 8.76 Å². The molecule has 3 aromatic rings. The Balaban J connectivity index is 0.00000101. The van der Waals surface area contributed by atoms with Crippen LogP contribution in [0.3, 0.4) is 0 Å². The molecule has 0 radical (unpaired) electrons. The van der Waals surface area contributed by atoms with Gasteiger partial charge in [0.15, 0.2) is 0 Å². The molecule has 1 unspecified atom stereocenters. The molecule has 11 heteroatoms. The van der Waals surface area contributed by atoms with Gasteiger partial charge in [-0.05, 0) is 62.1 Å². The standard InChI is InChI=1S/C22H23N3.CHF3O3S.CH3.Fe/c1-15-7-5-8-16(2)21(15)23-13-19-11-12-20(25-19)14-24-22-17(3)9-6-10-18(22)4;2-1(3,4)7-8(5)6;;/h5-14,25H,1-4H3;(H,5,6);1H3;/q;;-1;+2/p-1. The van der Waals surface area contributed by atoms with E-state index in [9.17, 15) is 13.2 Å². The molecule has 6 nitrogen and oxygen atoms in total. The molecule has 0 spiro atoms. The number of hydrogen-bond acceptors (Lipinski definition) is 5. The number of hydrogen-bond donors (Lipinski definition) is 1. The largest absolute Gasteiger partial charge is 2.00 e. The first kappa shape index (κ1) is 32.4. The first-order valence-corrected chi connectivity index (χ1v) is 10.7. The van der Waals surface area contributed by atoms with Crippen molar-refractivity contribution in [3.05, 3.63) is 89.6 Å². The van der Waals surface area contributed by atoms with E-state index in [-0.39, 0.29) is 24.5 Å². The van der Waals surface area contributed by atoms with E-state index in [0.29, 0.717) is 0 Å². The van der Waals surface area contributed by atoms with Gasteiger partial charge in [-0.1, -0.05) is 36.4 Å². The normalized spacial score (nSPS) is 12.0. The minimum Gasteiger partial charge on any atom is -0.750 e. The van der Waals surface area contributed by atoms with Gasteiger partial charge in [0.2, 0.25) is 0 Å². The molecule has 0 amide bonds. The number of halogens is 3. The summed E-state index contributed by atoms with van der Waals surface area (Å²) in [5.74, 6) is 0. The van der Waals surface area contributed by atoms with Crippen LogP contribution in [0.2, 0.25) is 0 Å². The van der Waals surface area contributed by atoms with E-state index < -0.39 is 17.7 Å². The first-order chi connectivity index (χ1) is 15.5. The molecule has 1 heterocycles. The molecule has 1 atom stereocenters. The number of aryl methyl sites for hydroxylation is 4. The molecular formula is C24H26F3FeN3O3S. The average Bonchev–Trinajstić information content (AvgIpc) is 3.13. The molecule has 0 bridgehead atoms. The van der Waals surface area contributed by atoms with Crippen LogP contribution in [0.15, 0.2) is 58.5 Å². The molecule has 0 aliphatic heterocycles. The molecule has 190 valence electrons. The predicted molar refractivity (Wildman–Crippen MR) is 130 cm³/mol. The van der Waals surface area contributed by atoms with Crippen molar-refractivity contribution in [3.8, 4) is 0 Å². The molecule has 0 aliphatic rings. The van der Waals surface area contributed by atoms with Crippen LogP contribution >= 0.6 is 0 Å². The zero-order valence-corrected chi connectivity index (χ0v) is 21.7. The SMILES string of the molecule is Cc1cccc(C)c1N=Cc1ccc(C=Nc2c(C)cccc2C)[nH]1.O=S([O-])OC(F)(F)F.[CH3-].[Fe+2]. The van der Waals surface area contributed by atoms with E-state index in [1.807, 2.05) is 24.6 Å². The number of nitrogens with zero attached hydrogens (tertiary/aromatic N) is 2. The molecule has 0 saturated heterocycles. The van der Waals surface area contributed by atoms with Crippen molar-refractivity contribution >= 4 is 35.2 Å². The Kier molecular flexibility index (Phi) is 13.7. The van der Waals surface area contributed by atoms with Crippen molar-refractivity contribution < 1.29 is 43.2 Å². The number of aromatic nitrogens is 1. The number of aromatic amines is 1. The van der Waals surface area contributed by atoms with Crippen LogP contribution in [-0.2, 0) is 32.6 Å². The number of para-hydroxylation sites is 2. The van der Waals surface area contributed by atoms with E-state index in [1.165, 1.54) is 22.3 Å². The van der Waals surface area contributed by atoms with Gasteiger partial charge < -0.3 is 17.0 Å². The number of nitrogens with one attached hydrogen (secondary N) is 1. The summed E-state index contributed by atoms with van der Waals surface area (Å²) < 4.78 is 52.6. The van der Waals surface area contributed by atoms with E-state index >= 15 is 0 Å². The van der Waals surface area contributed by atoms with Gasteiger partial charge in [0.25, 0.3) is 0 Å². The Morgan fingerprint density at radius 2 is 1.17 bits per heavy atom. The van der Waals surface area contributed by atoms with Gasteiger partial charge in [0.1, 0.15) is 0 Å². The van der Waals surface area contributed by atoms with Gasteiger partial charge in [-0.2, -0.15) is 0 Å². The fourth-order valence-corrected chi connectivity index (χ4v) is 3.10. The quantitative estimate of drug-likeness (QED) is 0.170. The van der Waals surface area contributed by atoms with Crippen LogP contribution in [0, 0.1) is 35.1 Å². The third-order valence-electron chi connectivity index (χ3n) is 4.44. The molecule has 3 rings (SSSR count). The Labute approximate surface area is 216 Å². The Hall–Kier alpha value is -2.56. The fraction of sp³-hybridized carbons (Fsp3) is 0.208. The van der Waals surface area contributed by atoms with Crippen LogP contribution in [0.1, 0.15) is 33.6 Å². The minimum atomic E-state index is -5.09. The van der Waals surface area contributed by atoms with E-state index in [0.717, 1.165) is 22.8 Å². The second-order valence-corrected chi connectivity index (χ2v) is 7.67. The summed E-state index contributed by atoms with van der Waals surface area (Å²) in [4.78, 5) is 12.6. The van der Waals surface area contributed by atoms with Crippen LogP contribution in [-0.4, -0.2) is 32.5 Å². The summed E-state index contributed by atoms with van der Waals surface area (Å²) in [6.07, 6.45) is -1.36. The van der Waals surface area contributed by atoms with Crippen molar-refractivity contribution in [1.29, 1.82) is 0 Å². The van der Waals surface area contributed by atoms with Crippen molar-refractivity contribution in [3.63, 3.8) is 0 Å². The number of alkyl halides is 3. The summed E-state index contributed by atoms with van der Waals surface area (Å²) in [5, 5.41) is 0. The Bertz CT molecular complexity index is 1060. The van der Waals surface area contributed by atoms with Gasteiger partial charge in [-0.15, -0.1) is 13.2 Å². The van der Waals surface area contributed by atoms with Crippen LogP contribution < -0.4 is 0 Å². The zero-order valence-electron chi connectivity index (χ0n) is 19.8. The van der Waals surface area contributed by atoms with Crippen molar-refractivity contribution in [2.45, 2.75) is 34.1 Å². The maximum atomic E-state index is 10.7. The van der Waals surface area contributed by atoms with Gasteiger partial charge in [-0.3, -0.25) is 9.98 Å². The van der Waals surface area contributed by atoms with Gasteiger partial charge >= 0.3 is 23.4 Å². The topological polar surface area (TPSA) is 89.9 Å². The fourth-order valence-electron chi connectivity index (χ4n) is 2.94. The number of benzene rings is 2. The summed E-state index contributed by atoms with van der Waals surface area (Å²) >= 11 is -3.51. The third kappa shape index (κ3) is 11.1. The van der Waals surface area contributed by atoms with Crippen LogP contribution in [0.5, 0.6) is 0 Å². The minimum absolute atomic E-state index is 0. The van der Waals surface area contributed by atoms with Crippen molar-refractivity contribution in [2.24, 2.45) is 9.98 Å². The second kappa shape index (κ2) is 14.8. The molecule has 1 aromatic heterocycles. The van der Waals surface area contributed by atoms with Crippen LogP contribution in [0.25, 0.3) is 0 Å². The molecular weight excluding hydrogens is 523 g/mol. The molecule has 1 N–H and O–H groups in total. The van der Waals surface area contributed by atoms with E-state index in [2.05, 4.69) is 83.2 Å². The number of aliphatic imine (C=N–C) groups is 2. The monoisotopic (exact) mass is 549 g/mol. The molecule has 0 aliphatic carbocycles. The summed E-state index contributed by atoms with van der Waals surface area (Å²) in [6.45, 7) is 8.32. The summed E-state index contributed by atoms with van der Waals surface area (Å²) in [6, 6.07) is 16.5. The van der Waals surface area contributed by atoms with Crippen molar-refractivity contribution in [1.82, 2.24) is 4.98 Å².